The summed E-state index contributed by atoms with van der Waals surface area (Å²) in [6.07, 6.45) is 0. The number of hydrogen-bond donors (Lipinski definition) is 1. The van der Waals surface area contributed by atoms with E-state index >= 15 is 0 Å². The Morgan fingerprint density at radius 2 is 1.91 bits per heavy atom. The van der Waals surface area contributed by atoms with Crippen LogP contribution in [0.15, 0.2) is 35.0 Å². The van der Waals surface area contributed by atoms with Crippen molar-refractivity contribution in [2.45, 2.75) is 0 Å². The highest BCUT2D eigenvalue weighted by Gasteiger charge is 2.22. The lowest BCUT2D eigenvalue weighted by molar-refractivity contribution is -0.383. The van der Waals surface area contributed by atoms with Crippen LogP contribution in [0.25, 0.3) is 11.0 Å². The van der Waals surface area contributed by atoms with Crippen LogP contribution < -0.4 is 5.32 Å². The SMILES string of the molecule is O=C(Nc1ccc([N+](=O)[O-])c2nonc12)c1cccc(F)c1F. The third-order valence-electron chi connectivity index (χ3n) is 3.04. The maximum atomic E-state index is 13.6. The molecule has 0 aliphatic carbocycles. The van der Waals surface area contributed by atoms with Crippen molar-refractivity contribution in [3.05, 3.63) is 57.6 Å². The van der Waals surface area contributed by atoms with Crippen LogP contribution in [0.5, 0.6) is 0 Å². The number of halogens is 2. The molecule has 0 aliphatic rings. The van der Waals surface area contributed by atoms with E-state index in [1.54, 1.807) is 0 Å². The van der Waals surface area contributed by atoms with Crippen LogP contribution >= 0.6 is 0 Å². The molecule has 0 radical (unpaired) electrons. The number of anilines is 1. The highest BCUT2D eigenvalue weighted by Crippen LogP contribution is 2.29. The van der Waals surface area contributed by atoms with Crippen LogP contribution in [0.1, 0.15) is 10.4 Å². The first-order valence-corrected chi connectivity index (χ1v) is 6.14. The third-order valence-corrected chi connectivity index (χ3v) is 3.04. The molecular formula is C13H6F2N4O4. The number of nitrogens with one attached hydrogen (secondary N) is 1. The number of amides is 1. The molecule has 1 heterocycles. The average molecular weight is 320 g/mol. The van der Waals surface area contributed by atoms with Gasteiger partial charge in [0.2, 0.25) is 5.52 Å². The summed E-state index contributed by atoms with van der Waals surface area (Å²) >= 11 is 0. The Morgan fingerprint density at radius 1 is 1.17 bits per heavy atom. The molecule has 0 saturated heterocycles. The van der Waals surface area contributed by atoms with Gasteiger partial charge in [-0.15, -0.1) is 0 Å². The van der Waals surface area contributed by atoms with Gasteiger partial charge in [-0.25, -0.2) is 13.4 Å². The van der Waals surface area contributed by atoms with Crippen molar-refractivity contribution in [1.82, 2.24) is 10.3 Å². The van der Waals surface area contributed by atoms with Gasteiger partial charge in [-0.3, -0.25) is 14.9 Å². The Bertz CT molecular complexity index is 941. The molecule has 3 rings (SSSR count). The Hall–Kier alpha value is -3.43. The molecule has 3 aromatic rings. The molecule has 0 unspecified atom stereocenters. The summed E-state index contributed by atoms with van der Waals surface area (Å²) in [6, 6.07) is 5.43. The largest absolute Gasteiger partial charge is 0.320 e. The maximum absolute atomic E-state index is 13.6. The first-order chi connectivity index (χ1) is 11.0. The highest BCUT2D eigenvalue weighted by atomic mass is 19.2. The number of rotatable bonds is 3. The minimum absolute atomic E-state index is 0.0144. The molecule has 1 N–H and O–H groups in total. The van der Waals surface area contributed by atoms with Gasteiger partial charge >= 0.3 is 5.69 Å². The van der Waals surface area contributed by atoms with E-state index in [0.717, 1.165) is 18.2 Å². The average Bonchev–Trinajstić information content (AvgIpc) is 2.99. The number of aromatic nitrogens is 2. The molecule has 2 aromatic carbocycles. The molecule has 8 nitrogen and oxygen atoms in total. The van der Waals surface area contributed by atoms with Gasteiger partial charge < -0.3 is 5.32 Å². The summed E-state index contributed by atoms with van der Waals surface area (Å²) in [7, 11) is 0. The monoisotopic (exact) mass is 320 g/mol. The first-order valence-electron chi connectivity index (χ1n) is 6.14. The molecule has 0 aliphatic heterocycles. The van der Waals surface area contributed by atoms with Crippen molar-refractivity contribution < 1.29 is 23.1 Å². The first kappa shape index (κ1) is 14.5. The Balaban J connectivity index is 2.01. The lowest BCUT2D eigenvalue weighted by atomic mass is 10.1. The number of non-ortho nitro benzene ring substituents is 1. The van der Waals surface area contributed by atoms with Gasteiger partial charge in [0.05, 0.1) is 16.2 Å². The second kappa shape index (κ2) is 5.40. The Kier molecular flexibility index (Phi) is 3.41. The fourth-order valence-electron chi connectivity index (χ4n) is 1.97. The van der Waals surface area contributed by atoms with Gasteiger partial charge in [-0.2, -0.15) is 0 Å². The summed E-state index contributed by atoms with van der Waals surface area (Å²) in [5.41, 5.74) is -1.12. The summed E-state index contributed by atoms with van der Waals surface area (Å²) < 4.78 is 31.2. The molecular weight excluding hydrogens is 314 g/mol. The summed E-state index contributed by atoms with van der Waals surface area (Å²) in [5.74, 6) is -3.42. The van der Waals surface area contributed by atoms with E-state index in [1.165, 1.54) is 12.1 Å². The van der Waals surface area contributed by atoms with Gasteiger partial charge in [0, 0.05) is 6.07 Å². The van der Waals surface area contributed by atoms with Crippen LogP contribution in [0.3, 0.4) is 0 Å². The number of fused-ring (bicyclic) bond motifs is 1. The number of carbonyl (C=O) groups is 1. The van der Waals surface area contributed by atoms with Gasteiger partial charge in [-0.05, 0) is 28.5 Å². The van der Waals surface area contributed by atoms with E-state index < -0.39 is 28.0 Å². The lowest BCUT2D eigenvalue weighted by Gasteiger charge is -2.06. The van der Waals surface area contributed by atoms with Gasteiger partial charge in [0.15, 0.2) is 17.2 Å². The second-order valence-electron chi connectivity index (χ2n) is 4.41. The minimum Gasteiger partial charge on any atom is -0.320 e. The van der Waals surface area contributed by atoms with Gasteiger partial charge in [0.25, 0.3) is 5.91 Å². The fourth-order valence-corrected chi connectivity index (χ4v) is 1.97. The number of benzene rings is 2. The number of carbonyl (C=O) groups excluding carboxylic acids is 1. The summed E-state index contributed by atoms with van der Waals surface area (Å²) in [6.45, 7) is 0. The van der Waals surface area contributed by atoms with Crippen LogP contribution in [0.4, 0.5) is 20.2 Å². The van der Waals surface area contributed by atoms with Crippen LogP contribution in [0, 0.1) is 21.7 Å². The summed E-state index contributed by atoms with van der Waals surface area (Å²) in [5, 5.41) is 20.0. The molecule has 0 saturated carbocycles. The molecule has 0 bridgehead atoms. The molecule has 0 fully saturated rings. The lowest BCUT2D eigenvalue weighted by Crippen LogP contribution is -2.15. The number of nitro benzene ring substituents is 1. The minimum atomic E-state index is -1.30. The van der Waals surface area contributed by atoms with E-state index in [2.05, 4.69) is 20.3 Å². The molecule has 0 atom stereocenters. The number of hydrogen-bond acceptors (Lipinski definition) is 6. The zero-order chi connectivity index (χ0) is 16.6. The molecule has 1 amide bonds. The maximum Gasteiger partial charge on any atom is 0.300 e. The van der Waals surface area contributed by atoms with Crippen molar-refractivity contribution >= 4 is 28.3 Å². The molecule has 10 heteroatoms. The third kappa shape index (κ3) is 2.46. The van der Waals surface area contributed by atoms with Crippen molar-refractivity contribution in [3.8, 4) is 0 Å². The van der Waals surface area contributed by atoms with Crippen LogP contribution in [-0.4, -0.2) is 21.1 Å². The van der Waals surface area contributed by atoms with Crippen LogP contribution in [-0.2, 0) is 0 Å². The standard InChI is InChI=1S/C13H6F2N4O4/c14-7-3-1-2-6(10(7)15)13(20)16-8-4-5-9(19(21)22)12-11(8)17-23-18-12/h1-5H,(H,16,20). The molecule has 23 heavy (non-hydrogen) atoms. The topological polar surface area (TPSA) is 111 Å². The van der Waals surface area contributed by atoms with E-state index in [4.69, 9.17) is 0 Å². The quantitative estimate of drug-likeness (QED) is 0.586. The second-order valence-corrected chi connectivity index (χ2v) is 4.41. The van der Waals surface area contributed by atoms with E-state index in [1.807, 2.05) is 0 Å². The van der Waals surface area contributed by atoms with Crippen molar-refractivity contribution in [1.29, 1.82) is 0 Å². The van der Waals surface area contributed by atoms with Crippen molar-refractivity contribution in [2.24, 2.45) is 0 Å². The molecule has 116 valence electrons. The summed E-state index contributed by atoms with van der Waals surface area (Å²) in [4.78, 5) is 22.2. The van der Waals surface area contributed by atoms with Crippen molar-refractivity contribution in [2.75, 3.05) is 5.32 Å². The van der Waals surface area contributed by atoms with Gasteiger partial charge in [0.1, 0.15) is 0 Å². The van der Waals surface area contributed by atoms with Crippen molar-refractivity contribution in [3.63, 3.8) is 0 Å². The zero-order valence-electron chi connectivity index (χ0n) is 11.1. The smallest absolute Gasteiger partial charge is 0.300 e. The zero-order valence-corrected chi connectivity index (χ0v) is 11.1. The predicted molar refractivity (Wildman–Crippen MR) is 72.8 cm³/mol. The van der Waals surface area contributed by atoms with E-state index in [9.17, 15) is 23.7 Å². The Labute approximate surface area is 125 Å². The van der Waals surface area contributed by atoms with E-state index in [-0.39, 0.29) is 22.4 Å². The Morgan fingerprint density at radius 3 is 2.65 bits per heavy atom. The van der Waals surface area contributed by atoms with Gasteiger partial charge in [-0.1, -0.05) is 6.07 Å². The van der Waals surface area contributed by atoms with Crippen LogP contribution in [0.2, 0.25) is 0 Å². The predicted octanol–water partition coefficient (Wildman–Crippen LogP) is 2.66. The number of nitrogens with zero attached hydrogens (tertiary/aromatic N) is 3. The van der Waals surface area contributed by atoms with E-state index in [0.29, 0.717) is 0 Å². The number of nitro groups is 1. The molecule has 0 spiro atoms. The highest BCUT2D eigenvalue weighted by molar-refractivity contribution is 6.08. The normalized spacial score (nSPS) is 10.7. The fraction of sp³-hybridized carbons (Fsp3) is 0. The molecule has 1 aromatic heterocycles.